The zero-order valence-corrected chi connectivity index (χ0v) is 11.9. The zero-order valence-electron chi connectivity index (χ0n) is 11.9. The summed E-state index contributed by atoms with van der Waals surface area (Å²) in [6.07, 6.45) is 7.94. The van der Waals surface area contributed by atoms with E-state index in [4.69, 9.17) is 5.84 Å². The third-order valence-corrected chi connectivity index (χ3v) is 5.44. The summed E-state index contributed by atoms with van der Waals surface area (Å²) in [6, 6.07) is 9.38. The number of fused-ring (bicyclic) bond motifs is 1. The highest BCUT2D eigenvalue weighted by Gasteiger charge is 2.34. The smallest absolute Gasteiger partial charge is 0.0244 e. The van der Waals surface area contributed by atoms with Crippen LogP contribution in [0.15, 0.2) is 24.3 Å². The van der Waals surface area contributed by atoms with Gasteiger partial charge in [0.15, 0.2) is 0 Å². The fourth-order valence-corrected chi connectivity index (χ4v) is 4.13. The molecule has 4 unspecified atom stereocenters. The fourth-order valence-electron chi connectivity index (χ4n) is 4.13. The van der Waals surface area contributed by atoms with Crippen molar-refractivity contribution in [3.05, 3.63) is 35.4 Å². The van der Waals surface area contributed by atoms with Gasteiger partial charge < -0.3 is 0 Å². The zero-order chi connectivity index (χ0) is 13.2. The molecule has 0 saturated heterocycles. The van der Waals surface area contributed by atoms with E-state index in [1.807, 2.05) is 0 Å². The SMILES string of the molecule is CCC1CCC(C(CC2Cc3ccccc32)NN)C1. The molecule has 1 aromatic carbocycles. The standard InChI is InChI=1S/C17H26N2/c1-2-12-7-8-14(9-12)17(19-18)11-15-10-13-5-3-4-6-16(13)15/h3-6,12,14-15,17,19H,2,7-11,18H2,1H3. The number of hydrazine groups is 1. The Labute approximate surface area is 116 Å². The number of benzene rings is 1. The second-order valence-electron chi connectivity index (χ2n) is 6.46. The van der Waals surface area contributed by atoms with Gasteiger partial charge in [0.25, 0.3) is 0 Å². The van der Waals surface area contributed by atoms with E-state index < -0.39 is 0 Å². The number of hydrogen-bond donors (Lipinski definition) is 2. The van der Waals surface area contributed by atoms with Crippen LogP contribution in [-0.2, 0) is 6.42 Å². The van der Waals surface area contributed by atoms with Gasteiger partial charge in [-0.05, 0) is 54.6 Å². The Bertz CT molecular complexity index is 429. The summed E-state index contributed by atoms with van der Waals surface area (Å²) in [7, 11) is 0. The molecule has 2 heteroatoms. The van der Waals surface area contributed by atoms with Gasteiger partial charge in [-0.2, -0.15) is 0 Å². The van der Waals surface area contributed by atoms with Crippen molar-refractivity contribution in [3.8, 4) is 0 Å². The van der Waals surface area contributed by atoms with E-state index in [2.05, 4.69) is 36.6 Å². The monoisotopic (exact) mass is 258 g/mol. The molecule has 4 atom stereocenters. The van der Waals surface area contributed by atoms with Crippen molar-refractivity contribution in [3.63, 3.8) is 0 Å². The number of nitrogens with two attached hydrogens (primary N) is 1. The summed E-state index contributed by atoms with van der Waals surface area (Å²) in [5.41, 5.74) is 6.22. The molecule has 0 amide bonds. The molecule has 1 saturated carbocycles. The highest BCUT2D eigenvalue weighted by Crippen LogP contribution is 2.42. The molecule has 2 aliphatic rings. The van der Waals surface area contributed by atoms with Gasteiger partial charge in [-0.25, -0.2) is 0 Å². The van der Waals surface area contributed by atoms with E-state index in [1.54, 1.807) is 11.1 Å². The van der Waals surface area contributed by atoms with Crippen LogP contribution in [0.4, 0.5) is 0 Å². The Balaban J connectivity index is 1.60. The van der Waals surface area contributed by atoms with Crippen molar-refractivity contribution in [1.82, 2.24) is 5.43 Å². The normalized spacial score (nSPS) is 30.7. The maximum atomic E-state index is 5.84. The quantitative estimate of drug-likeness (QED) is 0.627. The maximum Gasteiger partial charge on any atom is 0.0244 e. The topological polar surface area (TPSA) is 38.0 Å². The van der Waals surface area contributed by atoms with Crippen molar-refractivity contribution >= 4 is 0 Å². The minimum Gasteiger partial charge on any atom is -0.271 e. The van der Waals surface area contributed by atoms with Crippen molar-refractivity contribution in [2.24, 2.45) is 17.7 Å². The van der Waals surface area contributed by atoms with E-state index in [9.17, 15) is 0 Å². The first-order valence-corrected chi connectivity index (χ1v) is 7.85. The van der Waals surface area contributed by atoms with Crippen LogP contribution in [0.25, 0.3) is 0 Å². The van der Waals surface area contributed by atoms with Gasteiger partial charge in [0.05, 0.1) is 0 Å². The molecular formula is C17H26N2. The third-order valence-electron chi connectivity index (χ3n) is 5.44. The molecule has 0 bridgehead atoms. The first-order valence-electron chi connectivity index (χ1n) is 7.85. The molecule has 0 spiro atoms. The second-order valence-corrected chi connectivity index (χ2v) is 6.46. The highest BCUT2D eigenvalue weighted by molar-refractivity contribution is 5.39. The summed E-state index contributed by atoms with van der Waals surface area (Å²) in [5.74, 6) is 8.30. The Kier molecular flexibility index (Phi) is 3.90. The van der Waals surface area contributed by atoms with E-state index >= 15 is 0 Å². The van der Waals surface area contributed by atoms with E-state index in [1.165, 1.54) is 38.5 Å². The molecule has 2 nitrogen and oxygen atoms in total. The van der Waals surface area contributed by atoms with Gasteiger partial charge in [0.2, 0.25) is 0 Å². The summed E-state index contributed by atoms with van der Waals surface area (Å²) >= 11 is 0. The summed E-state index contributed by atoms with van der Waals surface area (Å²) in [6.45, 7) is 2.32. The molecule has 0 aliphatic heterocycles. The van der Waals surface area contributed by atoms with Gasteiger partial charge in [-0.15, -0.1) is 0 Å². The van der Waals surface area contributed by atoms with Gasteiger partial charge in [-0.1, -0.05) is 44.0 Å². The lowest BCUT2D eigenvalue weighted by molar-refractivity contribution is 0.306. The Hall–Kier alpha value is -0.860. The predicted octanol–water partition coefficient (Wildman–Crippen LogP) is 3.37. The van der Waals surface area contributed by atoms with Gasteiger partial charge in [-0.3, -0.25) is 11.3 Å². The second kappa shape index (κ2) is 5.64. The van der Waals surface area contributed by atoms with Crippen LogP contribution in [0, 0.1) is 11.8 Å². The molecule has 1 fully saturated rings. The molecule has 0 heterocycles. The molecule has 0 aromatic heterocycles. The Morgan fingerprint density at radius 1 is 1.32 bits per heavy atom. The summed E-state index contributed by atoms with van der Waals surface area (Å²) < 4.78 is 0. The van der Waals surface area contributed by atoms with E-state index in [0.717, 1.165) is 17.8 Å². The average Bonchev–Trinajstić information content (AvgIpc) is 2.89. The third kappa shape index (κ3) is 2.56. The summed E-state index contributed by atoms with van der Waals surface area (Å²) in [5, 5.41) is 0. The minimum atomic E-state index is 0.509. The molecule has 3 N–H and O–H groups in total. The molecule has 2 aliphatic carbocycles. The van der Waals surface area contributed by atoms with Crippen LogP contribution in [0.5, 0.6) is 0 Å². The Morgan fingerprint density at radius 2 is 2.16 bits per heavy atom. The minimum absolute atomic E-state index is 0.509. The number of hydrogen-bond acceptors (Lipinski definition) is 2. The fraction of sp³-hybridized carbons (Fsp3) is 0.647. The van der Waals surface area contributed by atoms with Gasteiger partial charge in [0, 0.05) is 6.04 Å². The average molecular weight is 258 g/mol. The van der Waals surface area contributed by atoms with E-state index in [-0.39, 0.29) is 0 Å². The van der Waals surface area contributed by atoms with Crippen molar-refractivity contribution in [1.29, 1.82) is 0 Å². The molecule has 104 valence electrons. The Morgan fingerprint density at radius 3 is 2.84 bits per heavy atom. The lowest BCUT2D eigenvalue weighted by atomic mass is 9.73. The van der Waals surface area contributed by atoms with Crippen molar-refractivity contribution < 1.29 is 0 Å². The van der Waals surface area contributed by atoms with Gasteiger partial charge in [0.1, 0.15) is 0 Å². The molecule has 3 rings (SSSR count). The molecule has 19 heavy (non-hydrogen) atoms. The first-order chi connectivity index (χ1) is 9.31. The number of nitrogens with one attached hydrogen (secondary N) is 1. The predicted molar refractivity (Wildman–Crippen MR) is 79.7 cm³/mol. The first kappa shape index (κ1) is 13.1. The van der Waals surface area contributed by atoms with Crippen LogP contribution in [0.3, 0.4) is 0 Å². The maximum absolute atomic E-state index is 5.84. The molecular weight excluding hydrogens is 232 g/mol. The molecule has 1 aromatic rings. The number of rotatable bonds is 5. The van der Waals surface area contributed by atoms with Crippen LogP contribution in [0.1, 0.15) is 56.1 Å². The van der Waals surface area contributed by atoms with Crippen LogP contribution >= 0.6 is 0 Å². The van der Waals surface area contributed by atoms with Crippen LogP contribution in [-0.4, -0.2) is 6.04 Å². The van der Waals surface area contributed by atoms with Crippen LogP contribution in [0.2, 0.25) is 0 Å². The van der Waals surface area contributed by atoms with Crippen molar-refractivity contribution in [2.45, 2.75) is 57.4 Å². The molecule has 0 radical (unpaired) electrons. The van der Waals surface area contributed by atoms with E-state index in [0.29, 0.717) is 6.04 Å². The van der Waals surface area contributed by atoms with Crippen LogP contribution < -0.4 is 11.3 Å². The lowest BCUT2D eigenvalue weighted by Crippen LogP contribution is -2.42. The summed E-state index contributed by atoms with van der Waals surface area (Å²) in [4.78, 5) is 0. The highest BCUT2D eigenvalue weighted by atomic mass is 15.2. The largest absolute Gasteiger partial charge is 0.271 e. The van der Waals surface area contributed by atoms with Crippen molar-refractivity contribution in [2.75, 3.05) is 0 Å². The lowest BCUT2D eigenvalue weighted by Gasteiger charge is -2.35. The van der Waals surface area contributed by atoms with Gasteiger partial charge >= 0.3 is 0 Å².